The number of aromatic carboxylic acids is 1. The summed E-state index contributed by atoms with van der Waals surface area (Å²) in [5, 5.41) is 14.0. The maximum Gasteiger partial charge on any atom is 0.415 e. The number of piperidine rings is 1. The minimum absolute atomic E-state index is 0.143. The number of alkyl halides is 1. The largest absolute Gasteiger partial charge is 0.478 e. The summed E-state index contributed by atoms with van der Waals surface area (Å²) in [6.07, 6.45) is 9.31. The van der Waals surface area contributed by atoms with Crippen LogP contribution in [0, 0.1) is 0 Å². The fourth-order valence-electron chi connectivity index (χ4n) is 4.74. The molecule has 0 unspecified atom stereocenters. The number of likely N-dealkylation sites (tertiary alicyclic amines) is 1. The van der Waals surface area contributed by atoms with Gasteiger partial charge in [0.15, 0.2) is 0 Å². The molecule has 0 atom stereocenters. The Hall–Kier alpha value is -2.73. The van der Waals surface area contributed by atoms with Crippen molar-refractivity contribution in [3.63, 3.8) is 0 Å². The first-order valence-electron chi connectivity index (χ1n) is 12.7. The number of carboxylic acid groups (broad SMARTS) is 1. The standard InChI is InChI=1S/C28H34FIN4O4/c1-27(2,3)34-18-21(24(31-34)6-4-5-22(30)11-14-29)17-32-15-12-28(13-16-32)19-33(26(37)38-28)23-9-7-20(8-10-23)25(35)36/h4-5,7-11,18H,6,12-17,19H2,1-3H3,(H,35,36)/b5-4-,22-11+. The van der Waals surface area contributed by atoms with Gasteiger partial charge in [-0.05, 0) is 73.7 Å². The molecule has 0 saturated carbocycles. The Balaban J connectivity index is 1.41. The normalized spacial score (nSPS) is 18.5. The van der Waals surface area contributed by atoms with E-state index in [0.29, 0.717) is 18.7 Å². The predicted molar refractivity (Wildman–Crippen MR) is 153 cm³/mol. The molecule has 8 nitrogen and oxygen atoms in total. The van der Waals surface area contributed by atoms with Crippen LogP contribution in [-0.4, -0.2) is 63.8 Å². The molecule has 1 amide bonds. The van der Waals surface area contributed by atoms with Crippen LogP contribution in [0.4, 0.5) is 14.9 Å². The fraction of sp³-hybridized carbons (Fsp3) is 0.464. The van der Waals surface area contributed by atoms with E-state index in [4.69, 9.17) is 14.9 Å². The van der Waals surface area contributed by atoms with Gasteiger partial charge in [0.25, 0.3) is 0 Å². The number of benzene rings is 1. The van der Waals surface area contributed by atoms with E-state index >= 15 is 0 Å². The van der Waals surface area contributed by atoms with E-state index in [1.54, 1.807) is 17.0 Å². The predicted octanol–water partition coefficient (Wildman–Crippen LogP) is 5.71. The van der Waals surface area contributed by atoms with E-state index in [-0.39, 0.29) is 11.1 Å². The van der Waals surface area contributed by atoms with E-state index < -0.39 is 24.3 Å². The number of allylic oxidation sites excluding steroid dienone is 4. The highest BCUT2D eigenvalue weighted by Gasteiger charge is 2.47. The van der Waals surface area contributed by atoms with Crippen molar-refractivity contribution in [1.29, 1.82) is 0 Å². The van der Waals surface area contributed by atoms with E-state index in [1.165, 1.54) is 18.2 Å². The first-order chi connectivity index (χ1) is 18.0. The summed E-state index contributed by atoms with van der Waals surface area (Å²) >= 11 is 2.12. The van der Waals surface area contributed by atoms with Crippen LogP contribution in [0.25, 0.3) is 0 Å². The molecule has 2 aromatic rings. The molecule has 0 bridgehead atoms. The Labute approximate surface area is 236 Å². The highest BCUT2D eigenvalue weighted by atomic mass is 127. The summed E-state index contributed by atoms with van der Waals surface area (Å²) in [4.78, 5) is 27.8. The molecule has 1 aromatic heterocycles. The number of rotatable bonds is 8. The van der Waals surface area contributed by atoms with Gasteiger partial charge in [-0.1, -0.05) is 12.2 Å². The van der Waals surface area contributed by atoms with Gasteiger partial charge in [-0.3, -0.25) is 14.5 Å². The van der Waals surface area contributed by atoms with Gasteiger partial charge in [-0.2, -0.15) is 5.10 Å². The van der Waals surface area contributed by atoms with E-state index in [2.05, 4.69) is 54.5 Å². The zero-order valence-corrected chi connectivity index (χ0v) is 24.1. The van der Waals surface area contributed by atoms with Crippen molar-refractivity contribution in [2.45, 2.75) is 57.7 Å². The van der Waals surface area contributed by atoms with Gasteiger partial charge in [0, 0.05) is 59.9 Å². The minimum atomic E-state index is -1.000. The van der Waals surface area contributed by atoms with Crippen LogP contribution >= 0.6 is 22.6 Å². The molecule has 4 rings (SSSR count). The van der Waals surface area contributed by atoms with Gasteiger partial charge in [-0.25, -0.2) is 14.0 Å². The molecule has 3 heterocycles. The monoisotopic (exact) mass is 636 g/mol. The Morgan fingerprint density at radius 3 is 2.53 bits per heavy atom. The summed E-state index contributed by atoms with van der Waals surface area (Å²) in [6.45, 7) is 8.66. The summed E-state index contributed by atoms with van der Waals surface area (Å²) in [5.74, 6) is -1.000. The van der Waals surface area contributed by atoms with Gasteiger partial charge >= 0.3 is 12.1 Å². The number of halogens is 2. The molecule has 204 valence electrons. The smallest absolute Gasteiger partial charge is 0.415 e. The van der Waals surface area contributed by atoms with Crippen molar-refractivity contribution in [3.8, 4) is 0 Å². The summed E-state index contributed by atoms with van der Waals surface area (Å²) in [6, 6.07) is 6.30. The molecular formula is C28H34FIN4O4. The second-order valence-corrected chi connectivity index (χ2v) is 12.1. The molecule has 2 aliphatic heterocycles. The lowest BCUT2D eigenvalue weighted by molar-refractivity contribution is -0.00102. The fourth-order valence-corrected chi connectivity index (χ4v) is 5.16. The third kappa shape index (κ3) is 6.63. The molecule has 2 aliphatic rings. The number of carbonyl (C=O) groups excluding carboxylic acids is 1. The quantitative estimate of drug-likeness (QED) is 0.295. The molecule has 0 aliphatic carbocycles. The number of carboxylic acids is 1. The molecule has 0 radical (unpaired) electrons. The lowest BCUT2D eigenvalue weighted by Gasteiger charge is -2.37. The molecule has 2 fully saturated rings. The Kier molecular flexibility index (Phi) is 8.61. The number of aromatic nitrogens is 2. The van der Waals surface area contributed by atoms with E-state index in [1.807, 2.05) is 16.8 Å². The van der Waals surface area contributed by atoms with Crippen LogP contribution in [0.5, 0.6) is 0 Å². The summed E-state index contributed by atoms with van der Waals surface area (Å²) in [5.41, 5.74) is 2.30. The highest BCUT2D eigenvalue weighted by molar-refractivity contribution is 14.1. The molecule has 1 aromatic carbocycles. The van der Waals surface area contributed by atoms with Crippen molar-refractivity contribution < 1.29 is 23.8 Å². The average molecular weight is 637 g/mol. The summed E-state index contributed by atoms with van der Waals surface area (Å²) < 4.78 is 21.3. The Morgan fingerprint density at radius 1 is 1.24 bits per heavy atom. The lowest BCUT2D eigenvalue weighted by atomic mass is 9.91. The molecule has 2 saturated heterocycles. The van der Waals surface area contributed by atoms with E-state index in [9.17, 15) is 14.0 Å². The number of hydrogen-bond donors (Lipinski definition) is 1. The van der Waals surface area contributed by atoms with Gasteiger partial charge in [0.1, 0.15) is 12.3 Å². The third-order valence-corrected chi connectivity index (χ3v) is 7.78. The van der Waals surface area contributed by atoms with Crippen LogP contribution in [0.2, 0.25) is 0 Å². The van der Waals surface area contributed by atoms with Crippen molar-refractivity contribution in [2.75, 3.05) is 31.2 Å². The van der Waals surface area contributed by atoms with Crippen molar-refractivity contribution in [1.82, 2.24) is 14.7 Å². The van der Waals surface area contributed by atoms with Crippen LogP contribution in [0.15, 0.2) is 52.3 Å². The van der Waals surface area contributed by atoms with Crippen molar-refractivity contribution >= 4 is 40.3 Å². The van der Waals surface area contributed by atoms with Gasteiger partial charge < -0.3 is 9.84 Å². The Morgan fingerprint density at radius 2 is 1.92 bits per heavy atom. The lowest BCUT2D eigenvalue weighted by Crippen LogP contribution is -2.46. The molecular weight excluding hydrogens is 602 g/mol. The maximum atomic E-state index is 12.7. The highest BCUT2D eigenvalue weighted by Crippen LogP contribution is 2.36. The first kappa shape index (κ1) is 28.3. The first-order valence-corrected chi connectivity index (χ1v) is 13.8. The maximum absolute atomic E-state index is 12.7. The van der Waals surface area contributed by atoms with Crippen LogP contribution in [-0.2, 0) is 23.2 Å². The van der Waals surface area contributed by atoms with E-state index in [0.717, 1.165) is 47.3 Å². The van der Waals surface area contributed by atoms with Crippen LogP contribution < -0.4 is 4.90 Å². The SMILES string of the molecule is CC(C)(C)n1cc(CN2CCC3(CC2)CN(c2ccc(C(=O)O)cc2)C(=O)O3)c(C/C=C\C(I)=C/CF)n1. The van der Waals surface area contributed by atoms with Gasteiger partial charge in [-0.15, -0.1) is 0 Å². The van der Waals surface area contributed by atoms with Gasteiger partial charge in [0.05, 0.1) is 23.3 Å². The molecule has 1 spiro atoms. The zero-order chi connectivity index (χ0) is 27.5. The minimum Gasteiger partial charge on any atom is -0.478 e. The molecule has 1 N–H and O–H groups in total. The Bertz CT molecular complexity index is 1220. The topological polar surface area (TPSA) is 87.9 Å². The van der Waals surface area contributed by atoms with Gasteiger partial charge in [0.2, 0.25) is 0 Å². The number of nitrogens with zero attached hydrogens (tertiary/aromatic N) is 4. The number of amides is 1. The third-order valence-electron chi connectivity index (χ3n) is 6.98. The number of carbonyl (C=O) groups is 2. The number of hydrogen-bond acceptors (Lipinski definition) is 5. The number of anilines is 1. The molecule has 38 heavy (non-hydrogen) atoms. The average Bonchev–Trinajstić information content (AvgIpc) is 3.41. The van der Waals surface area contributed by atoms with Crippen LogP contribution in [0.1, 0.15) is 55.2 Å². The number of ether oxygens (including phenoxy) is 1. The van der Waals surface area contributed by atoms with Crippen molar-refractivity contribution in [3.05, 3.63) is 69.1 Å². The van der Waals surface area contributed by atoms with Crippen molar-refractivity contribution in [2.24, 2.45) is 0 Å². The second-order valence-electron chi connectivity index (χ2n) is 10.8. The summed E-state index contributed by atoms with van der Waals surface area (Å²) in [7, 11) is 0. The van der Waals surface area contributed by atoms with Crippen LogP contribution in [0.3, 0.4) is 0 Å². The second kappa shape index (κ2) is 11.6. The zero-order valence-electron chi connectivity index (χ0n) is 22.0. The molecule has 10 heteroatoms.